The van der Waals surface area contributed by atoms with E-state index in [1.54, 1.807) is 0 Å². The number of hydrogen-bond donors (Lipinski definition) is 1. The summed E-state index contributed by atoms with van der Waals surface area (Å²) in [6, 6.07) is 2.28. The van der Waals surface area contributed by atoms with Gasteiger partial charge in [0.1, 0.15) is 11.4 Å². The largest absolute Gasteiger partial charge is 0.467 e. The summed E-state index contributed by atoms with van der Waals surface area (Å²) < 4.78 is 18.4. The van der Waals surface area contributed by atoms with E-state index in [0.717, 1.165) is 6.07 Å². The van der Waals surface area contributed by atoms with E-state index in [2.05, 4.69) is 15.3 Å². The van der Waals surface area contributed by atoms with Crippen LogP contribution in [-0.2, 0) is 15.1 Å². The standard InChI is InChI=1S/C12H13Cl2FN4O2/c1-12(11(20)21-2,17-3-4-18-19-16)7-5-10(15)9(14)6-8(7)13/h5-6,17H,3-4H2,1-2H3. The van der Waals surface area contributed by atoms with E-state index in [1.807, 2.05) is 0 Å². The average molecular weight is 335 g/mol. The first-order valence-electron chi connectivity index (χ1n) is 5.86. The molecule has 0 bridgehead atoms. The second kappa shape index (κ2) is 7.47. The van der Waals surface area contributed by atoms with Gasteiger partial charge in [-0.1, -0.05) is 28.3 Å². The molecule has 21 heavy (non-hydrogen) atoms. The van der Waals surface area contributed by atoms with Gasteiger partial charge in [-0.15, -0.1) is 0 Å². The molecule has 1 atom stereocenters. The van der Waals surface area contributed by atoms with Gasteiger partial charge in [0.2, 0.25) is 0 Å². The summed E-state index contributed by atoms with van der Waals surface area (Å²) in [6.07, 6.45) is 0. The Morgan fingerprint density at radius 2 is 2.19 bits per heavy atom. The SMILES string of the molecule is COC(=O)C(C)(NCCN=[N+]=[N-])c1cc(F)c(Cl)cc1Cl. The van der Waals surface area contributed by atoms with Gasteiger partial charge >= 0.3 is 5.97 Å². The van der Waals surface area contributed by atoms with Crippen LogP contribution in [0.3, 0.4) is 0 Å². The van der Waals surface area contributed by atoms with Gasteiger partial charge in [-0.2, -0.15) is 0 Å². The zero-order valence-corrected chi connectivity index (χ0v) is 12.9. The van der Waals surface area contributed by atoms with Crippen molar-refractivity contribution in [3.63, 3.8) is 0 Å². The third kappa shape index (κ3) is 3.98. The fourth-order valence-electron chi connectivity index (χ4n) is 1.79. The van der Waals surface area contributed by atoms with E-state index in [9.17, 15) is 9.18 Å². The number of nitrogens with one attached hydrogen (secondary N) is 1. The van der Waals surface area contributed by atoms with E-state index >= 15 is 0 Å². The molecule has 0 spiro atoms. The van der Waals surface area contributed by atoms with Gasteiger partial charge in [-0.05, 0) is 24.6 Å². The molecule has 0 amide bonds. The Balaban J connectivity index is 3.21. The zero-order chi connectivity index (χ0) is 16.0. The van der Waals surface area contributed by atoms with Crippen molar-refractivity contribution in [2.75, 3.05) is 20.2 Å². The Bertz CT molecular complexity index is 593. The van der Waals surface area contributed by atoms with Crippen molar-refractivity contribution in [2.45, 2.75) is 12.5 Å². The smallest absolute Gasteiger partial charge is 0.330 e. The molecule has 0 fully saturated rings. The quantitative estimate of drug-likeness (QED) is 0.216. The lowest BCUT2D eigenvalue weighted by Gasteiger charge is -2.29. The summed E-state index contributed by atoms with van der Waals surface area (Å²) in [5.74, 6) is -1.37. The molecule has 0 aliphatic carbocycles. The Hall–Kier alpha value is -1.53. The second-order valence-corrected chi connectivity index (χ2v) is 5.06. The van der Waals surface area contributed by atoms with Crippen LogP contribution in [0.5, 0.6) is 0 Å². The van der Waals surface area contributed by atoms with Crippen LogP contribution in [-0.4, -0.2) is 26.2 Å². The van der Waals surface area contributed by atoms with E-state index in [1.165, 1.54) is 20.1 Å². The Morgan fingerprint density at radius 1 is 1.52 bits per heavy atom. The molecule has 9 heteroatoms. The van der Waals surface area contributed by atoms with Crippen molar-refractivity contribution in [3.8, 4) is 0 Å². The fraction of sp³-hybridized carbons (Fsp3) is 0.417. The summed E-state index contributed by atoms with van der Waals surface area (Å²) >= 11 is 11.7. The number of methoxy groups -OCH3 is 1. The van der Waals surface area contributed by atoms with Crippen molar-refractivity contribution in [2.24, 2.45) is 5.11 Å². The van der Waals surface area contributed by atoms with Crippen LogP contribution >= 0.6 is 23.2 Å². The predicted octanol–water partition coefficient (Wildman–Crippen LogP) is 3.42. The molecule has 1 N–H and O–H groups in total. The van der Waals surface area contributed by atoms with Crippen LogP contribution < -0.4 is 5.32 Å². The second-order valence-electron chi connectivity index (χ2n) is 4.24. The Kier molecular flexibility index (Phi) is 6.23. The van der Waals surface area contributed by atoms with Gasteiger partial charge in [0, 0.05) is 28.6 Å². The molecule has 0 saturated carbocycles. The van der Waals surface area contributed by atoms with Crippen LogP contribution in [0.1, 0.15) is 12.5 Å². The number of nitrogens with zero attached hydrogens (tertiary/aromatic N) is 3. The third-order valence-corrected chi connectivity index (χ3v) is 3.50. The third-order valence-electron chi connectivity index (χ3n) is 2.90. The van der Waals surface area contributed by atoms with Crippen LogP contribution in [0, 0.1) is 5.82 Å². The number of benzene rings is 1. The number of halogens is 3. The highest BCUT2D eigenvalue weighted by Crippen LogP contribution is 2.33. The maximum Gasteiger partial charge on any atom is 0.330 e. The molecule has 0 aliphatic rings. The number of hydrogen-bond acceptors (Lipinski definition) is 4. The highest BCUT2D eigenvalue weighted by Gasteiger charge is 2.38. The number of ether oxygens (including phenoxy) is 1. The monoisotopic (exact) mass is 334 g/mol. The lowest BCUT2D eigenvalue weighted by atomic mass is 9.91. The topological polar surface area (TPSA) is 87.1 Å². The molecule has 1 aromatic rings. The summed E-state index contributed by atoms with van der Waals surface area (Å²) in [4.78, 5) is 14.6. The van der Waals surface area contributed by atoms with Crippen LogP contribution in [0.15, 0.2) is 17.2 Å². The number of carbonyl (C=O) groups excluding carboxylic acids is 1. The first kappa shape index (κ1) is 17.5. The van der Waals surface area contributed by atoms with Crippen LogP contribution in [0.4, 0.5) is 4.39 Å². The van der Waals surface area contributed by atoms with Crippen LogP contribution in [0.2, 0.25) is 10.0 Å². The molecule has 6 nitrogen and oxygen atoms in total. The lowest BCUT2D eigenvalue weighted by molar-refractivity contribution is -0.148. The zero-order valence-electron chi connectivity index (χ0n) is 11.4. The Labute approximate surface area is 130 Å². The van der Waals surface area contributed by atoms with Gasteiger partial charge in [0.15, 0.2) is 0 Å². The number of azide groups is 1. The highest BCUT2D eigenvalue weighted by atomic mass is 35.5. The minimum absolute atomic E-state index is 0.108. The van der Waals surface area contributed by atoms with Gasteiger partial charge in [0.05, 0.1) is 12.1 Å². The summed E-state index contributed by atoms with van der Waals surface area (Å²) in [7, 11) is 1.20. The van der Waals surface area contributed by atoms with Gasteiger partial charge in [-0.3, -0.25) is 5.32 Å². The van der Waals surface area contributed by atoms with Crippen molar-refractivity contribution in [1.29, 1.82) is 0 Å². The number of carbonyl (C=O) groups is 1. The number of esters is 1. The first-order chi connectivity index (χ1) is 9.86. The predicted molar refractivity (Wildman–Crippen MR) is 77.8 cm³/mol. The molecule has 0 radical (unpaired) electrons. The Morgan fingerprint density at radius 3 is 2.76 bits per heavy atom. The lowest BCUT2D eigenvalue weighted by Crippen LogP contribution is -2.48. The van der Waals surface area contributed by atoms with E-state index < -0.39 is 17.3 Å². The molecule has 0 heterocycles. The normalized spacial score (nSPS) is 13.2. The van der Waals surface area contributed by atoms with Crippen molar-refractivity contribution < 1.29 is 13.9 Å². The molecule has 0 saturated heterocycles. The summed E-state index contributed by atoms with van der Waals surface area (Å²) in [5, 5.41) is 6.17. The van der Waals surface area contributed by atoms with Crippen molar-refractivity contribution in [3.05, 3.63) is 44.0 Å². The first-order valence-corrected chi connectivity index (χ1v) is 6.61. The number of rotatable bonds is 6. The minimum Gasteiger partial charge on any atom is -0.467 e. The maximum absolute atomic E-state index is 13.7. The van der Waals surface area contributed by atoms with Gasteiger partial charge in [-0.25, -0.2) is 9.18 Å². The maximum atomic E-state index is 13.7. The van der Waals surface area contributed by atoms with Crippen molar-refractivity contribution >= 4 is 29.2 Å². The van der Waals surface area contributed by atoms with Crippen LogP contribution in [0.25, 0.3) is 10.4 Å². The van der Waals surface area contributed by atoms with Crippen molar-refractivity contribution in [1.82, 2.24) is 5.32 Å². The molecule has 1 unspecified atom stereocenters. The van der Waals surface area contributed by atoms with E-state index in [-0.39, 0.29) is 28.7 Å². The molecule has 1 rings (SSSR count). The van der Waals surface area contributed by atoms with Gasteiger partial charge in [0.25, 0.3) is 0 Å². The highest BCUT2D eigenvalue weighted by molar-refractivity contribution is 6.35. The van der Waals surface area contributed by atoms with E-state index in [4.69, 9.17) is 33.5 Å². The van der Waals surface area contributed by atoms with Gasteiger partial charge < -0.3 is 4.74 Å². The molecular weight excluding hydrogens is 322 g/mol. The average Bonchev–Trinajstić information content (AvgIpc) is 2.46. The minimum atomic E-state index is -1.40. The van der Waals surface area contributed by atoms with E-state index in [0.29, 0.717) is 0 Å². The molecule has 0 aliphatic heterocycles. The molecular formula is C12H13Cl2FN4O2. The fourth-order valence-corrected chi connectivity index (χ4v) is 2.36. The molecule has 1 aromatic carbocycles. The molecule has 114 valence electrons. The summed E-state index contributed by atoms with van der Waals surface area (Å²) in [5.41, 5.74) is 7.01. The molecule has 0 aromatic heterocycles. The summed E-state index contributed by atoms with van der Waals surface area (Å²) in [6.45, 7) is 1.77.